The van der Waals surface area contributed by atoms with Crippen molar-refractivity contribution in [1.82, 2.24) is 14.8 Å². The fourth-order valence-electron chi connectivity index (χ4n) is 2.37. The Hall–Kier alpha value is -2.76. The molecule has 1 heterocycles. The summed E-state index contributed by atoms with van der Waals surface area (Å²) in [5, 5.41) is 7.01. The highest BCUT2D eigenvalue weighted by Crippen LogP contribution is 2.30. The SMILES string of the molecule is CC(C)(C)OC(=O)CNc1nc(SCc2ccc(C(F)(F)F)cc2)nn1C(=O)OC(C)(C)C. The van der Waals surface area contributed by atoms with Crippen LogP contribution in [-0.2, 0) is 26.2 Å². The number of carbonyl (C=O) groups excluding carboxylic acids is 2. The zero-order valence-electron chi connectivity index (χ0n) is 19.2. The number of nitrogens with zero attached hydrogens (tertiary/aromatic N) is 3. The van der Waals surface area contributed by atoms with E-state index >= 15 is 0 Å². The highest BCUT2D eigenvalue weighted by atomic mass is 32.2. The molecule has 0 saturated heterocycles. The summed E-state index contributed by atoms with van der Waals surface area (Å²) in [5.74, 6) is -0.313. The smallest absolute Gasteiger partial charge is 0.438 e. The lowest BCUT2D eigenvalue weighted by atomic mass is 10.1. The second-order valence-electron chi connectivity index (χ2n) is 9.03. The number of halogens is 3. The third kappa shape index (κ3) is 8.95. The predicted molar refractivity (Wildman–Crippen MR) is 117 cm³/mol. The maximum absolute atomic E-state index is 12.7. The molecule has 1 N–H and O–H groups in total. The molecular weight excluding hydrogens is 461 g/mol. The number of alkyl halides is 3. The van der Waals surface area contributed by atoms with E-state index in [4.69, 9.17) is 9.47 Å². The van der Waals surface area contributed by atoms with Gasteiger partial charge in [-0.15, -0.1) is 9.78 Å². The van der Waals surface area contributed by atoms with E-state index in [1.165, 1.54) is 12.1 Å². The number of benzene rings is 1. The molecule has 8 nitrogen and oxygen atoms in total. The van der Waals surface area contributed by atoms with Gasteiger partial charge in [0.2, 0.25) is 11.1 Å². The maximum atomic E-state index is 12.7. The van der Waals surface area contributed by atoms with Crippen molar-refractivity contribution in [2.45, 2.75) is 69.8 Å². The van der Waals surface area contributed by atoms with Gasteiger partial charge in [0.1, 0.15) is 17.7 Å². The first kappa shape index (κ1) is 26.5. The van der Waals surface area contributed by atoms with E-state index in [2.05, 4.69) is 15.4 Å². The van der Waals surface area contributed by atoms with E-state index in [1.54, 1.807) is 41.5 Å². The van der Waals surface area contributed by atoms with Crippen molar-refractivity contribution in [1.29, 1.82) is 0 Å². The molecule has 0 aliphatic carbocycles. The summed E-state index contributed by atoms with van der Waals surface area (Å²) in [6, 6.07) is 4.72. The van der Waals surface area contributed by atoms with Gasteiger partial charge in [-0.05, 0) is 59.2 Å². The summed E-state index contributed by atoms with van der Waals surface area (Å²) >= 11 is 1.11. The van der Waals surface area contributed by atoms with Crippen molar-refractivity contribution in [3.8, 4) is 0 Å². The Morgan fingerprint density at radius 2 is 1.58 bits per heavy atom. The summed E-state index contributed by atoms with van der Waals surface area (Å²) in [4.78, 5) is 28.8. The summed E-state index contributed by atoms with van der Waals surface area (Å²) in [6.07, 6.45) is -5.21. The second kappa shape index (κ2) is 10.0. The molecular formula is C21H27F3N4O4S. The Kier molecular flexibility index (Phi) is 8.04. The molecule has 0 aliphatic heterocycles. The van der Waals surface area contributed by atoms with Gasteiger partial charge >= 0.3 is 18.2 Å². The highest BCUT2D eigenvalue weighted by Gasteiger charge is 2.30. The number of aromatic nitrogens is 3. The molecule has 0 bridgehead atoms. The van der Waals surface area contributed by atoms with E-state index in [9.17, 15) is 22.8 Å². The minimum atomic E-state index is -4.41. The Bertz CT molecular complexity index is 977. The van der Waals surface area contributed by atoms with Gasteiger partial charge in [0.25, 0.3) is 0 Å². The number of carbonyl (C=O) groups is 2. The molecule has 12 heteroatoms. The number of esters is 1. The largest absolute Gasteiger partial charge is 0.459 e. The summed E-state index contributed by atoms with van der Waals surface area (Å²) < 4.78 is 49.6. The Labute approximate surface area is 194 Å². The van der Waals surface area contributed by atoms with E-state index < -0.39 is 35.0 Å². The molecule has 0 unspecified atom stereocenters. The van der Waals surface area contributed by atoms with Crippen LogP contribution in [0.25, 0.3) is 0 Å². The minimum absolute atomic E-state index is 0.0231. The van der Waals surface area contributed by atoms with Gasteiger partial charge in [-0.3, -0.25) is 4.79 Å². The average molecular weight is 489 g/mol. The van der Waals surface area contributed by atoms with Crippen molar-refractivity contribution in [3.63, 3.8) is 0 Å². The topological polar surface area (TPSA) is 95.3 Å². The molecule has 1 aromatic carbocycles. The molecule has 182 valence electrons. The second-order valence-corrected chi connectivity index (χ2v) is 9.98. The van der Waals surface area contributed by atoms with Crippen molar-refractivity contribution in [2.75, 3.05) is 11.9 Å². The fraction of sp³-hybridized carbons (Fsp3) is 0.524. The number of hydrogen-bond donors (Lipinski definition) is 1. The van der Waals surface area contributed by atoms with Gasteiger partial charge in [0.05, 0.1) is 5.56 Å². The first-order valence-electron chi connectivity index (χ1n) is 9.98. The zero-order valence-corrected chi connectivity index (χ0v) is 20.1. The number of nitrogens with one attached hydrogen (secondary N) is 1. The monoisotopic (exact) mass is 488 g/mol. The molecule has 0 saturated carbocycles. The molecule has 1 aromatic heterocycles. The highest BCUT2D eigenvalue weighted by molar-refractivity contribution is 7.98. The first-order chi connectivity index (χ1) is 15.0. The lowest BCUT2D eigenvalue weighted by molar-refractivity contribution is -0.152. The molecule has 0 spiro atoms. The van der Waals surface area contributed by atoms with Crippen LogP contribution in [0.5, 0.6) is 0 Å². The maximum Gasteiger partial charge on any atom is 0.438 e. The van der Waals surface area contributed by atoms with Gasteiger partial charge in [0.15, 0.2) is 0 Å². The molecule has 2 aromatic rings. The molecule has 0 fully saturated rings. The van der Waals surface area contributed by atoms with Crippen LogP contribution in [0.1, 0.15) is 52.7 Å². The van der Waals surface area contributed by atoms with Crippen molar-refractivity contribution in [3.05, 3.63) is 35.4 Å². The average Bonchev–Trinajstić information content (AvgIpc) is 3.05. The van der Waals surface area contributed by atoms with E-state index in [0.717, 1.165) is 28.6 Å². The third-order valence-corrected chi connectivity index (χ3v) is 4.52. The molecule has 0 atom stereocenters. The van der Waals surface area contributed by atoms with Crippen LogP contribution in [-0.4, -0.2) is 44.6 Å². The van der Waals surface area contributed by atoms with Crippen LogP contribution in [0, 0.1) is 0 Å². The van der Waals surface area contributed by atoms with Gasteiger partial charge in [-0.2, -0.15) is 18.2 Å². The summed E-state index contributed by atoms with van der Waals surface area (Å²) in [7, 11) is 0. The molecule has 33 heavy (non-hydrogen) atoms. The Morgan fingerprint density at radius 3 is 2.09 bits per heavy atom. The fourth-order valence-corrected chi connectivity index (χ4v) is 3.15. The van der Waals surface area contributed by atoms with Crippen LogP contribution < -0.4 is 5.32 Å². The number of ether oxygens (including phenoxy) is 2. The number of anilines is 1. The Balaban J connectivity index is 2.15. The quantitative estimate of drug-likeness (QED) is 0.442. The van der Waals surface area contributed by atoms with E-state index in [-0.39, 0.29) is 23.4 Å². The van der Waals surface area contributed by atoms with E-state index in [1.807, 2.05) is 0 Å². The molecule has 0 aliphatic rings. The van der Waals surface area contributed by atoms with Crippen LogP contribution in [0.15, 0.2) is 29.4 Å². The molecule has 0 radical (unpaired) electrons. The summed E-state index contributed by atoms with van der Waals surface area (Å²) in [6.45, 7) is 9.99. The third-order valence-electron chi connectivity index (χ3n) is 3.61. The van der Waals surface area contributed by atoms with Crippen molar-refractivity contribution in [2.24, 2.45) is 0 Å². The first-order valence-corrected chi connectivity index (χ1v) is 11.0. The lowest BCUT2D eigenvalue weighted by Crippen LogP contribution is -2.31. The molecule has 0 amide bonds. The zero-order chi connectivity index (χ0) is 25.0. The lowest BCUT2D eigenvalue weighted by Gasteiger charge is -2.20. The van der Waals surface area contributed by atoms with Gasteiger partial charge in [0, 0.05) is 5.75 Å². The van der Waals surface area contributed by atoms with Crippen LogP contribution in [0.4, 0.5) is 23.9 Å². The standard InChI is InChI=1S/C21H27F3N4O4S/c1-19(2,3)31-15(29)11-25-16-26-17(27-28(16)18(30)32-20(4,5)6)33-12-13-7-9-14(10-8-13)21(22,23)24/h7-10H,11-12H2,1-6H3,(H,25,26,27). The Morgan fingerprint density at radius 1 is 1.00 bits per heavy atom. The van der Waals surface area contributed by atoms with Crippen LogP contribution >= 0.6 is 11.8 Å². The normalized spacial score (nSPS) is 12.4. The van der Waals surface area contributed by atoms with Crippen LogP contribution in [0.3, 0.4) is 0 Å². The number of hydrogen-bond acceptors (Lipinski definition) is 8. The summed E-state index contributed by atoms with van der Waals surface area (Å²) in [5.41, 5.74) is -1.60. The van der Waals surface area contributed by atoms with Gasteiger partial charge in [-0.25, -0.2) is 4.79 Å². The van der Waals surface area contributed by atoms with Gasteiger partial charge in [-0.1, -0.05) is 23.9 Å². The predicted octanol–water partition coefficient (Wildman–Crippen LogP) is 5.13. The van der Waals surface area contributed by atoms with Gasteiger partial charge < -0.3 is 14.8 Å². The number of thioether (sulfide) groups is 1. The minimum Gasteiger partial charge on any atom is -0.459 e. The van der Waals surface area contributed by atoms with E-state index in [0.29, 0.717) is 5.56 Å². The van der Waals surface area contributed by atoms with Crippen molar-refractivity contribution < 1.29 is 32.2 Å². The van der Waals surface area contributed by atoms with Crippen molar-refractivity contribution >= 4 is 29.8 Å². The van der Waals surface area contributed by atoms with Crippen LogP contribution in [0.2, 0.25) is 0 Å². The molecule has 2 rings (SSSR count). The number of rotatable bonds is 6.